The topological polar surface area (TPSA) is 15.3 Å². The number of hydrogen-bond donors (Lipinski definition) is 1. The van der Waals surface area contributed by atoms with Crippen LogP contribution in [0.2, 0.25) is 0 Å². The molecule has 0 aromatic carbocycles. The quantitative estimate of drug-likeness (QED) is 0.732. The molecule has 2 nitrogen and oxygen atoms in total. The molecular formula is C15H29F3N2. The molecule has 0 aromatic heterocycles. The summed E-state index contributed by atoms with van der Waals surface area (Å²) in [5.74, 6) is 0.554. The van der Waals surface area contributed by atoms with Gasteiger partial charge in [-0.1, -0.05) is 13.3 Å². The van der Waals surface area contributed by atoms with Crippen LogP contribution in [0.4, 0.5) is 13.2 Å². The lowest BCUT2D eigenvalue weighted by molar-refractivity contribution is -0.135. The molecule has 1 N–H and O–H groups in total. The first-order valence-electron chi connectivity index (χ1n) is 7.89. The van der Waals surface area contributed by atoms with Gasteiger partial charge in [-0.25, -0.2) is 0 Å². The SMILES string of the molecule is CC(CNC(C)CCCC(F)(F)F)CN1CCCCC1. The number of halogens is 3. The molecule has 2 unspecified atom stereocenters. The normalized spacial score (nSPS) is 20.9. The fraction of sp³-hybridized carbons (Fsp3) is 1.00. The highest BCUT2D eigenvalue weighted by molar-refractivity contribution is 4.70. The summed E-state index contributed by atoms with van der Waals surface area (Å²) >= 11 is 0. The van der Waals surface area contributed by atoms with Crippen molar-refractivity contribution in [3.63, 3.8) is 0 Å². The van der Waals surface area contributed by atoms with E-state index in [2.05, 4.69) is 17.1 Å². The van der Waals surface area contributed by atoms with Crippen LogP contribution in [0, 0.1) is 5.92 Å². The van der Waals surface area contributed by atoms with Crippen LogP contribution >= 0.6 is 0 Å². The lowest BCUT2D eigenvalue weighted by Crippen LogP contribution is -2.38. The van der Waals surface area contributed by atoms with Crippen molar-refractivity contribution in [1.82, 2.24) is 10.2 Å². The van der Waals surface area contributed by atoms with E-state index in [1.54, 1.807) is 0 Å². The third-order valence-electron chi connectivity index (χ3n) is 3.93. The van der Waals surface area contributed by atoms with Crippen molar-refractivity contribution in [2.75, 3.05) is 26.2 Å². The van der Waals surface area contributed by atoms with Crippen molar-refractivity contribution in [2.24, 2.45) is 5.92 Å². The summed E-state index contributed by atoms with van der Waals surface area (Å²) in [5, 5.41) is 3.36. The minimum atomic E-state index is -4.01. The van der Waals surface area contributed by atoms with Crippen LogP contribution < -0.4 is 5.32 Å². The Morgan fingerprint density at radius 1 is 1.10 bits per heavy atom. The average Bonchev–Trinajstić information content (AvgIpc) is 2.36. The van der Waals surface area contributed by atoms with E-state index < -0.39 is 12.6 Å². The third kappa shape index (κ3) is 8.80. The van der Waals surface area contributed by atoms with Gasteiger partial charge in [-0.2, -0.15) is 13.2 Å². The molecule has 120 valence electrons. The number of nitrogens with one attached hydrogen (secondary N) is 1. The van der Waals surface area contributed by atoms with Gasteiger partial charge in [-0.15, -0.1) is 0 Å². The van der Waals surface area contributed by atoms with Gasteiger partial charge in [0.15, 0.2) is 0 Å². The van der Waals surface area contributed by atoms with E-state index in [0.717, 1.165) is 13.1 Å². The van der Waals surface area contributed by atoms with Gasteiger partial charge in [0.05, 0.1) is 0 Å². The largest absolute Gasteiger partial charge is 0.389 e. The summed E-state index contributed by atoms with van der Waals surface area (Å²) in [4.78, 5) is 2.50. The summed E-state index contributed by atoms with van der Waals surface area (Å²) in [6, 6.07) is 0.168. The van der Waals surface area contributed by atoms with Gasteiger partial charge < -0.3 is 10.2 Å². The summed E-state index contributed by atoms with van der Waals surface area (Å²) in [6.07, 6.45) is 0.0824. The smallest absolute Gasteiger partial charge is 0.314 e. The van der Waals surface area contributed by atoms with Gasteiger partial charge in [0.1, 0.15) is 0 Å². The van der Waals surface area contributed by atoms with Gasteiger partial charge in [-0.3, -0.25) is 0 Å². The van der Waals surface area contributed by atoms with Crippen LogP contribution in [0.1, 0.15) is 52.4 Å². The lowest BCUT2D eigenvalue weighted by atomic mass is 10.1. The number of likely N-dealkylation sites (tertiary alicyclic amines) is 1. The summed E-state index contributed by atoms with van der Waals surface area (Å²) in [6.45, 7) is 8.58. The van der Waals surface area contributed by atoms with E-state index in [1.807, 2.05) is 6.92 Å². The van der Waals surface area contributed by atoms with Crippen LogP contribution in [0.25, 0.3) is 0 Å². The Balaban J connectivity index is 2.05. The molecule has 2 atom stereocenters. The van der Waals surface area contributed by atoms with Crippen molar-refractivity contribution >= 4 is 0 Å². The van der Waals surface area contributed by atoms with Crippen LogP contribution in [-0.2, 0) is 0 Å². The maximum absolute atomic E-state index is 12.1. The van der Waals surface area contributed by atoms with Crippen molar-refractivity contribution in [2.45, 2.75) is 64.6 Å². The zero-order valence-electron chi connectivity index (χ0n) is 12.8. The Hall–Kier alpha value is -0.290. The Morgan fingerprint density at radius 3 is 2.35 bits per heavy atom. The molecule has 5 heteroatoms. The van der Waals surface area contributed by atoms with E-state index in [0.29, 0.717) is 12.3 Å². The van der Waals surface area contributed by atoms with Crippen LogP contribution in [0.3, 0.4) is 0 Å². The molecule has 1 aliphatic heterocycles. The second kappa shape index (κ2) is 8.88. The van der Waals surface area contributed by atoms with E-state index in [1.165, 1.54) is 32.4 Å². The monoisotopic (exact) mass is 294 g/mol. The first-order chi connectivity index (χ1) is 9.37. The van der Waals surface area contributed by atoms with Gasteiger partial charge in [0.25, 0.3) is 0 Å². The van der Waals surface area contributed by atoms with Crippen LogP contribution in [0.15, 0.2) is 0 Å². The average molecular weight is 294 g/mol. The van der Waals surface area contributed by atoms with Crippen molar-refractivity contribution in [3.8, 4) is 0 Å². The van der Waals surface area contributed by atoms with Crippen molar-refractivity contribution < 1.29 is 13.2 Å². The number of nitrogens with zero attached hydrogens (tertiary/aromatic N) is 1. The first-order valence-corrected chi connectivity index (χ1v) is 7.89. The van der Waals surface area contributed by atoms with Crippen LogP contribution in [-0.4, -0.2) is 43.3 Å². The predicted molar refractivity (Wildman–Crippen MR) is 76.8 cm³/mol. The lowest BCUT2D eigenvalue weighted by Gasteiger charge is -2.29. The number of hydrogen-bond acceptors (Lipinski definition) is 2. The van der Waals surface area contributed by atoms with E-state index in [-0.39, 0.29) is 12.5 Å². The minimum absolute atomic E-state index is 0.168. The third-order valence-corrected chi connectivity index (χ3v) is 3.93. The molecular weight excluding hydrogens is 265 g/mol. The summed E-state index contributed by atoms with van der Waals surface area (Å²) in [5.41, 5.74) is 0. The van der Waals surface area contributed by atoms with E-state index in [9.17, 15) is 13.2 Å². The van der Waals surface area contributed by atoms with E-state index in [4.69, 9.17) is 0 Å². The second-order valence-corrected chi connectivity index (χ2v) is 6.28. The highest BCUT2D eigenvalue weighted by Crippen LogP contribution is 2.22. The maximum Gasteiger partial charge on any atom is 0.389 e. The molecule has 0 bridgehead atoms. The standard InChI is InChI=1S/C15H29F3N2/c1-13(12-20-9-4-3-5-10-20)11-19-14(2)7-6-8-15(16,17)18/h13-14,19H,3-12H2,1-2H3. The zero-order chi connectivity index (χ0) is 15.0. The number of rotatable bonds is 8. The predicted octanol–water partition coefficient (Wildman–Crippen LogP) is 3.82. The molecule has 0 saturated carbocycles. The van der Waals surface area contributed by atoms with Crippen molar-refractivity contribution in [3.05, 3.63) is 0 Å². The fourth-order valence-electron chi connectivity index (χ4n) is 2.76. The summed E-state index contributed by atoms with van der Waals surface area (Å²) in [7, 11) is 0. The second-order valence-electron chi connectivity index (χ2n) is 6.28. The molecule has 0 aliphatic carbocycles. The Labute approximate surface area is 121 Å². The fourth-order valence-corrected chi connectivity index (χ4v) is 2.76. The molecule has 1 saturated heterocycles. The van der Waals surface area contributed by atoms with Gasteiger partial charge in [0, 0.05) is 19.0 Å². The first kappa shape index (κ1) is 17.8. The molecule has 1 heterocycles. The van der Waals surface area contributed by atoms with E-state index >= 15 is 0 Å². The Kier molecular flexibility index (Phi) is 7.88. The molecule has 20 heavy (non-hydrogen) atoms. The molecule has 0 spiro atoms. The highest BCUT2D eigenvalue weighted by atomic mass is 19.4. The molecule has 0 aromatic rings. The molecule has 1 rings (SSSR count). The Morgan fingerprint density at radius 2 is 1.75 bits per heavy atom. The molecule has 0 amide bonds. The summed E-state index contributed by atoms with van der Waals surface area (Å²) < 4.78 is 36.2. The maximum atomic E-state index is 12.1. The number of alkyl halides is 3. The molecule has 1 aliphatic rings. The number of piperidine rings is 1. The van der Waals surface area contributed by atoms with Gasteiger partial charge in [0.2, 0.25) is 0 Å². The minimum Gasteiger partial charge on any atom is -0.314 e. The molecule has 1 fully saturated rings. The van der Waals surface area contributed by atoms with Crippen molar-refractivity contribution in [1.29, 1.82) is 0 Å². The zero-order valence-corrected chi connectivity index (χ0v) is 12.8. The highest BCUT2D eigenvalue weighted by Gasteiger charge is 2.26. The van der Waals surface area contributed by atoms with Crippen LogP contribution in [0.5, 0.6) is 0 Å². The van der Waals surface area contributed by atoms with Gasteiger partial charge in [-0.05, 0) is 58.2 Å². The molecule has 0 radical (unpaired) electrons. The Bertz CT molecular complexity index is 250. The van der Waals surface area contributed by atoms with Gasteiger partial charge >= 0.3 is 6.18 Å².